The minimum atomic E-state index is 0. The monoisotopic (exact) mass is 360 g/mol. The molecule has 2 heterocycles. The summed E-state index contributed by atoms with van der Waals surface area (Å²) in [6.45, 7) is 1.90. The van der Waals surface area contributed by atoms with Crippen LogP contribution in [0.1, 0.15) is 30.9 Å². The number of hydrogen-bond donors (Lipinski definition) is 1. The highest BCUT2D eigenvalue weighted by molar-refractivity contribution is 7.99. The summed E-state index contributed by atoms with van der Waals surface area (Å²) >= 11 is 7.89. The first kappa shape index (κ1) is 17.9. The molecule has 0 bridgehead atoms. The molecule has 1 N–H and O–H groups in total. The number of hydrogen-bond acceptors (Lipinski definition) is 3. The molecule has 2 saturated heterocycles. The lowest BCUT2D eigenvalue weighted by molar-refractivity contribution is -0.133. The molecular formula is C16H22Cl2N2OS. The Kier molecular flexibility index (Phi) is 6.87. The van der Waals surface area contributed by atoms with E-state index >= 15 is 0 Å². The summed E-state index contributed by atoms with van der Waals surface area (Å²) in [6, 6.07) is 8.49. The van der Waals surface area contributed by atoms with Gasteiger partial charge in [0.05, 0.1) is 6.04 Å². The number of carbonyl (C=O) groups is 1. The summed E-state index contributed by atoms with van der Waals surface area (Å²) in [5.74, 6) is 2.30. The van der Waals surface area contributed by atoms with Crippen LogP contribution in [0, 0.1) is 0 Å². The van der Waals surface area contributed by atoms with Gasteiger partial charge in [-0.3, -0.25) is 4.79 Å². The number of rotatable bonds is 3. The molecule has 1 aromatic carbocycles. The molecule has 6 heteroatoms. The largest absolute Gasteiger partial charge is 0.334 e. The van der Waals surface area contributed by atoms with Gasteiger partial charge in [0, 0.05) is 35.5 Å². The Morgan fingerprint density at radius 3 is 2.82 bits per heavy atom. The van der Waals surface area contributed by atoms with Gasteiger partial charge >= 0.3 is 0 Å². The zero-order chi connectivity index (χ0) is 14.7. The van der Waals surface area contributed by atoms with Crippen LogP contribution in [0.15, 0.2) is 24.3 Å². The third-order valence-electron chi connectivity index (χ3n) is 4.29. The number of benzene rings is 1. The Labute approximate surface area is 147 Å². The van der Waals surface area contributed by atoms with Gasteiger partial charge in [0.25, 0.3) is 0 Å². The van der Waals surface area contributed by atoms with E-state index in [0.717, 1.165) is 36.0 Å². The molecule has 0 radical (unpaired) electrons. The molecule has 1 aromatic rings. The first-order chi connectivity index (χ1) is 10.2. The molecule has 2 aliphatic heterocycles. The Bertz CT molecular complexity index is 491. The van der Waals surface area contributed by atoms with Gasteiger partial charge in [-0.15, -0.1) is 12.4 Å². The number of carbonyl (C=O) groups excluding carboxylic acids is 1. The van der Waals surface area contributed by atoms with Gasteiger partial charge in [0.15, 0.2) is 0 Å². The van der Waals surface area contributed by atoms with Crippen LogP contribution in [0.4, 0.5) is 0 Å². The van der Waals surface area contributed by atoms with E-state index in [4.69, 9.17) is 11.6 Å². The molecule has 2 atom stereocenters. The molecule has 2 unspecified atom stereocenters. The molecule has 0 aromatic heterocycles. The van der Waals surface area contributed by atoms with E-state index < -0.39 is 0 Å². The molecular weight excluding hydrogens is 339 g/mol. The molecule has 2 aliphatic rings. The van der Waals surface area contributed by atoms with E-state index in [1.165, 1.54) is 12.0 Å². The van der Waals surface area contributed by atoms with Crippen LogP contribution in [0.25, 0.3) is 0 Å². The Morgan fingerprint density at radius 2 is 2.14 bits per heavy atom. The lowest BCUT2D eigenvalue weighted by atomic mass is 10.0. The molecule has 3 rings (SSSR count). The maximum absolute atomic E-state index is 12.7. The summed E-state index contributed by atoms with van der Waals surface area (Å²) in [5.41, 5.74) is 1.19. The normalized spacial score (nSPS) is 24.9. The summed E-state index contributed by atoms with van der Waals surface area (Å²) in [4.78, 5) is 14.7. The van der Waals surface area contributed by atoms with Crippen molar-refractivity contribution >= 4 is 41.7 Å². The summed E-state index contributed by atoms with van der Waals surface area (Å²) in [5, 5.41) is 4.16. The zero-order valence-electron chi connectivity index (χ0n) is 12.5. The molecule has 0 saturated carbocycles. The van der Waals surface area contributed by atoms with Crippen molar-refractivity contribution in [3.8, 4) is 0 Å². The highest BCUT2D eigenvalue weighted by Gasteiger charge is 2.30. The Morgan fingerprint density at radius 1 is 1.36 bits per heavy atom. The van der Waals surface area contributed by atoms with Crippen LogP contribution in [-0.4, -0.2) is 41.4 Å². The van der Waals surface area contributed by atoms with E-state index in [-0.39, 0.29) is 24.4 Å². The summed E-state index contributed by atoms with van der Waals surface area (Å²) < 4.78 is 0. The lowest BCUT2D eigenvalue weighted by Gasteiger charge is -2.36. The topological polar surface area (TPSA) is 32.3 Å². The van der Waals surface area contributed by atoms with E-state index in [1.54, 1.807) is 0 Å². The van der Waals surface area contributed by atoms with E-state index in [2.05, 4.69) is 10.2 Å². The van der Waals surface area contributed by atoms with Crippen LogP contribution in [0.2, 0.25) is 5.02 Å². The van der Waals surface area contributed by atoms with Crippen molar-refractivity contribution in [3.63, 3.8) is 0 Å². The van der Waals surface area contributed by atoms with Gasteiger partial charge in [0.1, 0.15) is 0 Å². The second-order valence-corrected chi connectivity index (χ2v) is 7.31. The molecule has 22 heavy (non-hydrogen) atoms. The smallest absolute Gasteiger partial charge is 0.224 e. The van der Waals surface area contributed by atoms with Crippen LogP contribution >= 0.6 is 35.8 Å². The average Bonchev–Trinajstić information content (AvgIpc) is 3.01. The van der Waals surface area contributed by atoms with Crippen molar-refractivity contribution in [1.82, 2.24) is 10.2 Å². The predicted octanol–water partition coefficient (Wildman–Crippen LogP) is 3.52. The molecule has 122 valence electrons. The predicted molar refractivity (Wildman–Crippen MR) is 96.1 cm³/mol. The number of halogens is 2. The first-order valence-electron chi connectivity index (χ1n) is 7.60. The quantitative estimate of drug-likeness (QED) is 0.894. The maximum atomic E-state index is 12.7. The van der Waals surface area contributed by atoms with Crippen molar-refractivity contribution in [3.05, 3.63) is 34.9 Å². The molecule has 0 spiro atoms. The van der Waals surface area contributed by atoms with Gasteiger partial charge in [-0.2, -0.15) is 11.8 Å². The van der Waals surface area contributed by atoms with Crippen molar-refractivity contribution in [2.24, 2.45) is 0 Å². The average molecular weight is 361 g/mol. The van der Waals surface area contributed by atoms with Crippen LogP contribution in [0.5, 0.6) is 0 Å². The fraction of sp³-hybridized carbons (Fsp3) is 0.562. The number of nitrogens with zero attached hydrogens (tertiary/aromatic N) is 1. The fourth-order valence-corrected chi connectivity index (χ4v) is 4.34. The molecule has 1 amide bonds. The number of amides is 1. The van der Waals surface area contributed by atoms with E-state index in [1.807, 2.05) is 36.0 Å². The summed E-state index contributed by atoms with van der Waals surface area (Å²) in [7, 11) is 0. The van der Waals surface area contributed by atoms with Crippen LogP contribution < -0.4 is 5.32 Å². The number of nitrogens with one attached hydrogen (secondary N) is 1. The van der Waals surface area contributed by atoms with Gasteiger partial charge in [-0.25, -0.2) is 0 Å². The number of thioether (sulfide) groups is 1. The van der Waals surface area contributed by atoms with Gasteiger partial charge < -0.3 is 10.2 Å². The minimum Gasteiger partial charge on any atom is -0.334 e. The Hall–Kier alpha value is -0.420. The second kappa shape index (κ2) is 8.44. The van der Waals surface area contributed by atoms with Gasteiger partial charge in [-0.1, -0.05) is 23.7 Å². The molecule has 2 fully saturated rings. The fourth-order valence-electron chi connectivity index (χ4n) is 3.12. The van der Waals surface area contributed by atoms with Crippen molar-refractivity contribution in [2.45, 2.75) is 31.3 Å². The lowest BCUT2D eigenvalue weighted by Crippen LogP contribution is -2.43. The molecule has 3 nitrogen and oxygen atoms in total. The highest BCUT2D eigenvalue weighted by atomic mass is 35.5. The Balaban J connectivity index is 0.00000176. The molecule has 0 aliphatic carbocycles. The SMILES string of the molecule is Cl.O=C(CC1CCCN1)N1CCSCC1c1ccc(Cl)cc1. The third-order valence-corrected chi connectivity index (χ3v) is 5.56. The minimum absolute atomic E-state index is 0. The van der Waals surface area contributed by atoms with Crippen LogP contribution in [0.3, 0.4) is 0 Å². The van der Waals surface area contributed by atoms with Crippen LogP contribution in [-0.2, 0) is 4.79 Å². The van der Waals surface area contributed by atoms with Crippen molar-refractivity contribution in [2.75, 3.05) is 24.6 Å². The van der Waals surface area contributed by atoms with Gasteiger partial charge in [-0.05, 0) is 37.1 Å². The highest BCUT2D eigenvalue weighted by Crippen LogP contribution is 2.31. The second-order valence-electron chi connectivity index (χ2n) is 5.73. The first-order valence-corrected chi connectivity index (χ1v) is 9.13. The third kappa shape index (κ3) is 4.31. The van der Waals surface area contributed by atoms with Crippen molar-refractivity contribution in [1.29, 1.82) is 0 Å². The van der Waals surface area contributed by atoms with Gasteiger partial charge in [0.2, 0.25) is 5.91 Å². The van der Waals surface area contributed by atoms with E-state index in [0.29, 0.717) is 12.5 Å². The van der Waals surface area contributed by atoms with E-state index in [9.17, 15) is 4.79 Å². The summed E-state index contributed by atoms with van der Waals surface area (Å²) in [6.07, 6.45) is 2.95. The van der Waals surface area contributed by atoms with Crippen molar-refractivity contribution < 1.29 is 4.79 Å². The maximum Gasteiger partial charge on any atom is 0.224 e. The standard InChI is InChI=1S/C16H21ClN2OS.ClH/c17-13-5-3-12(4-6-13)15-11-21-9-8-19(15)16(20)10-14-2-1-7-18-14;/h3-6,14-15,18H,1-2,7-11H2;1H. The zero-order valence-corrected chi connectivity index (χ0v) is 14.9.